The number of rotatable bonds is 5. The van der Waals surface area contributed by atoms with Crippen LogP contribution in [-0.4, -0.2) is 58.1 Å². The Bertz CT molecular complexity index is 828. The van der Waals surface area contributed by atoms with Crippen molar-refractivity contribution in [2.75, 3.05) is 26.7 Å². The van der Waals surface area contributed by atoms with Crippen LogP contribution in [0, 0.1) is 13.8 Å². The van der Waals surface area contributed by atoms with E-state index < -0.39 is 6.04 Å². The minimum absolute atomic E-state index is 0.0361. The summed E-state index contributed by atoms with van der Waals surface area (Å²) in [6, 6.07) is 9.20. The van der Waals surface area contributed by atoms with Gasteiger partial charge in [0.15, 0.2) is 0 Å². The van der Waals surface area contributed by atoms with Gasteiger partial charge in [0.1, 0.15) is 11.8 Å². The first-order valence-corrected chi connectivity index (χ1v) is 9.11. The number of aromatic nitrogens is 2. The van der Waals surface area contributed by atoms with E-state index in [-0.39, 0.29) is 18.4 Å². The molecule has 2 amide bonds. The molecule has 2 aromatic rings. The zero-order valence-corrected chi connectivity index (χ0v) is 16.3. The van der Waals surface area contributed by atoms with E-state index in [0.29, 0.717) is 19.6 Å². The summed E-state index contributed by atoms with van der Waals surface area (Å²) in [7, 11) is 1.63. The van der Waals surface area contributed by atoms with Crippen molar-refractivity contribution in [1.82, 2.24) is 19.6 Å². The molecule has 27 heavy (non-hydrogen) atoms. The van der Waals surface area contributed by atoms with E-state index in [9.17, 15) is 9.59 Å². The molecule has 1 aromatic carbocycles. The third kappa shape index (κ3) is 4.13. The van der Waals surface area contributed by atoms with Crippen molar-refractivity contribution >= 4 is 11.8 Å². The number of aryl methyl sites for hydroxylation is 2. The van der Waals surface area contributed by atoms with E-state index in [1.165, 1.54) is 0 Å². The highest BCUT2D eigenvalue weighted by Gasteiger charge is 2.30. The van der Waals surface area contributed by atoms with Crippen LogP contribution >= 0.6 is 0 Å². The molecule has 1 aromatic heterocycles. The molecule has 7 heteroatoms. The lowest BCUT2D eigenvalue weighted by atomic mass is 10.1. The first-order chi connectivity index (χ1) is 12.9. The van der Waals surface area contributed by atoms with E-state index >= 15 is 0 Å². The molecule has 1 aliphatic heterocycles. The molecule has 1 atom stereocenters. The maximum absolute atomic E-state index is 12.8. The number of hydrogen-bond acceptors (Lipinski definition) is 4. The molecule has 1 saturated heterocycles. The topological polar surface area (TPSA) is 67.7 Å². The number of piperazine rings is 1. The monoisotopic (exact) mass is 370 g/mol. The Kier molecular flexibility index (Phi) is 5.48. The van der Waals surface area contributed by atoms with Crippen LogP contribution < -0.4 is 4.74 Å². The highest BCUT2D eigenvalue weighted by molar-refractivity contribution is 5.87. The van der Waals surface area contributed by atoms with Crippen molar-refractivity contribution in [3.8, 4) is 5.75 Å². The van der Waals surface area contributed by atoms with Crippen molar-refractivity contribution in [2.24, 2.45) is 0 Å². The molecule has 0 bridgehead atoms. The highest BCUT2D eigenvalue weighted by atomic mass is 16.5. The summed E-state index contributed by atoms with van der Waals surface area (Å²) in [5.74, 6) is 0.684. The zero-order valence-electron chi connectivity index (χ0n) is 16.3. The lowest BCUT2D eigenvalue weighted by Gasteiger charge is -2.35. The quantitative estimate of drug-likeness (QED) is 0.807. The molecule has 7 nitrogen and oxygen atoms in total. The molecular formula is C20H26N4O3. The maximum Gasteiger partial charge on any atom is 0.247 e. The average molecular weight is 370 g/mol. The van der Waals surface area contributed by atoms with Crippen molar-refractivity contribution in [2.45, 2.75) is 33.4 Å². The first-order valence-electron chi connectivity index (χ1n) is 9.11. The van der Waals surface area contributed by atoms with Crippen molar-refractivity contribution in [3.05, 3.63) is 47.3 Å². The lowest BCUT2D eigenvalue weighted by Crippen LogP contribution is -2.53. The Labute approximate surface area is 159 Å². The number of carbonyl (C=O) groups is 2. The first kappa shape index (κ1) is 18.9. The molecule has 0 N–H and O–H groups in total. The summed E-state index contributed by atoms with van der Waals surface area (Å²) in [5.41, 5.74) is 2.87. The van der Waals surface area contributed by atoms with Gasteiger partial charge in [-0.25, -0.2) is 0 Å². The highest BCUT2D eigenvalue weighted by Crippen LogP contribution is 2.18. The van der Waals surface area contributed by atoms with Gasteiger partial charge in [0.2, 0.25) is 11.8 Å². The molecule has 144 valence electrons. The molecule has 1 unspecified atom stereocenters. The minimum Gasteiger partial charge on any atom is -0.497 e. The van der Waals surface area contributed by atoms with E-state index in [2.05, 4.69) is 5.10 Å². The molecule has 2 heterocycles. The van der Waals surface area contributed by atoms with Crippen LogP contribution in [0.5, 0.6) is 5.75 Å². The third-order valence-corrected chi connectivity index (χ3v) is 4.93. The molecular weight excluding hydrogens is 344 g/mol. The van der Waals surface area contributed by atoms with Gasteiger partial charge in [-0.1, -0.05) is 12.1 Å². The second kappa shape index (κ2) is 7.82. The van der Waals surface area contributed by atoms with Gasteiger partial charge < -0.3 is 14.5 Å². The summed E-state index contributed by atoms with van der Waals surface area (Å²) in [6.07, 6.45) is 0. The van der Waals surface area contributed by atoms with Crippen molar-refractivity contribution in [3.63, 3.8) is 0 Å². The van der Waals surface area contributed by atoms with E-state index in [1.54, 1.807) is 21.6 Å². The van der Waals surface area contributed by atoms with Crippen LogP contribution in [0.15, 0.2) is 30.3 Å². The maximum atomic E-state index is 12.8. The Balaban J connectivity index is 1.61. The molecule has 0 spiro atoms. The second-order valence-corrected chi connectivity index (χ2v) is 6.97. The van der Waals surface area contributed by atoms with E-state index in [4.69, 9.17) is 4.74 Å². The fraction of sp³-hybridized carbons (Fsp3) is 0.450. The number of carbonyl (C=O) groups excluding carboxylic acids is 2. The van der Waals surface area contributed by atoms with Crippen LogP contribution in [0.2, 0.25) is 0 Å². The Morgan fingerprint density at radius 2 is 1.93 bits per heavy atom. The Hall–Kier alpha value is -2.83. The van der Waals surface area contributed by atoms with Gasteiger partial charge >= 0.3 is 0 Å². The zero-order chi connectivity index (χ0) is 19.6. The lowest BCUT2D eigenvalue weighted by molar-refractivity contribution is -0.147. The molecule has 0 aliphatic carbocycles. The molecule has 1 fully saturated rings. The second-order valence-electron chi connectivity index (χ2n) is 6.97. The Morgan fingerprint density at radius 1 is 1.22 bits per heavy atom. The Morgan fingerprint density at radius 3 is 2.48 bits per heavy atom. The van der Waals surface area contributed by atoms with Gasteiger partial charge in [-0.05, 0) is 44.5 Å². The van der Waals surface area contributed by atoms with Crippen molar-refractivity contribution < 1.29 is 14.3 Å². The van der Waals surface area contributed by atoms with Gasteiger partial charge in [0.05, 0.1) is 19.3 Å². The summed E-state index contributed by atoms with van der Waals surface area (Å²) in [5, 5.41) is 4.39. The fourth-order valence-electron chi connectivity index (χ4n) is 3.42. The number of nitrogens with zero attached hydrogens (tertiary/aromatic N) is 4. The number of ether oxygens (including phenoxy) is 1. The van der Waals surface area contributed by atoms with Gasteiger partial charge in [0, 0.05) is 25.3 Å². The molecule has 0 saturated carbocycles. The molecule has 3 rings (SSSR count). The molecule has 1 aliphatic rings. The summed E-state index contributed by atoms with van der Waals surface area (Å²) < 4.78 is 6.89. The third-order valence-electron chi connectivity index (χ3n) is 4.93. The van der Waals surface area contributed by atoms with Gasteiger partial charge in [-0.15, -0.1) is 0 Å². The van der Waals surface area contributed by atoms with E-state index in [1.807, 2.05) is 51.1 Å². The van der Waals surface area contributed by atoms with Crippen LogP contribution in [0.1, 0.15) is 29.9 Å². The largest absolute Gasteiger partial charge is 0.497 e. The normalized spacial score (nSPS) is 15.8. The van der Waals surface area contributed by atoms with Crippen LogP contribution in [0.3, 0.4) is 0 Å². The van der Waals surface area contributed by atoms with Crippen LogP contribution in [0.4, 0.5) is 0 Å². The number of benzene rings is 1. The van der Waals surface area contributed by atoms with E-state index in [0.717, 1.165) is 22.7 Å². The molecule has 0 radical (unpaired) electrons. The van der Waals surface area contributed by atoms with Crippen LogP contribution in [-0.2, 0) is 16.1 Å². The smallest absolute Gasteiger partial charge is 0.247 e. The van der Waals surface area contributed by atoms with Gasteiger partial charge in [0.25, 0.3) is 0 Å². The standard InChI is InChI=1S/C20H26N4O3/c1-14-11-15(2)24(21-14)16(3)20(26)23-10-9-22(19(25)13-23)12-17-5-7-18(27-4)8-6-17/h5-8,11,16H,9-10,12-13H2,1-4H3. The predicted octanol–water partition coefficient (Wildman–Crippen LogP) is 1.94. The number of methoxy groups -OCH3 is 1. The van der Waals surface area contributed by atoms with Gasteiger partial charge in [-0.3, -0.25) is 14.3 Å². The summed E-state index contributed by atoms with van der Waals surface area (Å²) >= 11 is 0. The number of hydrogen-bond donors (Lipinski definition) is 0. The SMILES string of the molecule is COc1ccc(CN2CCN(C(=O)C(C)n3nc(C)cc3C)CC2=O)cc1. The minimum atomic E-state index is -0.417. The average Bonchev–Trinajstić information content (AvgIpc) is 3.01. The predicted molar refractivity (Wildman–Crippen MR) is 101 cm³/mol. The van der Waals surface area contributed by atoms with Crippen LogP contribution in [0.25, 0.3) is 0 Å². The van der Waals surface area contributed by atoms with Gasteiger partial charge in [-0.2, -0.15) is 5.10 Å². The van der Waals surface area contributed by atoms with Crippen molar-refractivity contribution in [1.29, 1.82) is 0 Å². The number of amides is 2. The fourth-order valence-corrected chi connectivity index (χ4v) is 3.42. The summed E-state index contributed by atoms with van der Waals surface area (Å²) in [6.45, 7) is 7.38. The summed E-state index contributed by atoms with van der Waals surface area (Å²) in [4.78, 5) is 28.8.